The van der Waals surface area contributed by atoms with Gasteiger partial charge in [-0.25, -0.2) is 0 Å². The molecule has 190 valence electrons. The second-order valence-electron chi connectivity index (χ2n) is 7.49. The fraction of sp³-hybridized carbons (Fsp3) is 0.429. The van der Waals surface area contributed by atoms with E-state index in [-0.39, 0.29) is 47.7 Å². The van der Waals surface area contributed by atoms with Gasteiger partial charge in [-0.05, 0) is 37.6 Å². The zero-order valence-electron chi connectivity index (χ0n) is 18.7. The molecule has 2 rings (SSSR count). The number of carbonyl (C=O) groups is 1. The van der Waals surface area contributed by atoms with Crippen LogP contribution in [-0.4, -0.2) is 69.9 Å². The van der Waals surface area contributed by atoms with E-state index < -0.39 is 23.7 Å². The van der Waals surface area contributed by atoms with Crippen LogP contribution in [0.1, 0.15) is 24.0 Å². The molecule has 7 N–H and O–H groups in total. The maximum absolute atomic E-state index is 13.1. The SMILES string of the molecule is N#Cc1c([SH2+])nc(N)nc1N[C@@H](CCCN(CCO)CC[OH2+])C(=O)Nc1cccc(C(F)(F)F)c1. The molecule has 0 unspecified atom stereocenters. The van der Waals surface area contributed by atoms with E-state index in [1.54, 1.807) is 0 Å². The molecule has 14 heteroatoms. The first-order valence-corrected chi connectivity index (χ1v) is 11.1. The van der Waals surface area contributed by atoms with E-state index in [1.807, 2.05) is 11.0 Å². The van der Waals surface area contributed by atoms with Crippen molar-refractivity contribution in [3.63, 3.8) is 0 Å². The number of nitriles is 1. The van der Waals surface area contributed by atoms with Crippen molar-refractivity contribution >= 4 is 36.0 Å². The molecule has 1 aromatic heterocycles. The number of alkyl halides is 3. The Bertz CT molecular complexity index is 1040. The fourth-order valence-corrected chi connectivity index (χ4v) is 3.57. The molecule has 0 aliphatic carbocycles. The zero-order chi connectivity index (χ0) is 26.0. The third kappa shape index (κ3) is 8.55. The van der Waals surface area contributed by atoms with Crippen molar-refractivity contribution in [1.82, 2.24) is 14.9 Å². The number of nitrogen functional groups attached to an aromatic ring is 1. The smallest absolute Gasteiger partial charge is 0.416 e. The Labute approximate surface area is 205 Å². The van der Waals surface area contributed by atoms with Crippen LogP contribution in [0.15, 0.2) is 29.3 Å². The number of aliphatic hydroxyl groups is 1. The normalized spacial score (nSPS) is 12.3. The molecule has 0 spiro atoms. The van der Waals surface area contributed by atoms with Gasteiger partial charge in [-0.2, -0.15) is 28.4 Å². The van der Waals surface area contributed by atoms with Crippen molar-refractivity contribution in [3.05, 3.63) is 35.4 Å². The van der Waals surface area contributed by atoms with E-state index in [4.69, 9.17) is 10.8 Å². The summed E-state index contributed by atoms with van der Waals surface area (Å²) in [6.45, 7) is 1.31. The number of aliphatic hydroxyl groups excluding tert-OH is 1. The average Bonchev–Trinajstić information content (AvgIpc) is 2.78. The standard InChI is InChI=1S/C21H26F3N7O3S/c22-21(23,24)13-3-1-4-14(11-13)27-18(34)16(5-2-6-31(7-9-32)8-10-33)28-17-15(12-25)19(35)30-20(26)29-17/h1,3-4,11,16,32-33H,2,5-10H2,(H,27,34)(H4,26,28,29,30,35)/p+2/t16-/m0/s1. The van der Waals surface area contributed by atoms with E-state index >= 15 is 0 Å². The Balaban J connectivity index is 2.26. The molecule has 10 nitrogen and oxygen atoms in total. The molecule has 0 radical (unpaired) electrons. The van der Waals surface area contributed by atoms with Crippen LogP contribution in [0.4, 0.5) is 30.6 Å². The van der Waals surface area contributed by atoms with E-state index in [1.165, 1.54) is 12.1 Å². The van der Waals surface area contributed by atoms with Gasteiger partial charge in [0.1, 0.15) is 12.1 Å². The van der Waals surface area contributed by atoms with Gasteiger partial charge in [0.25, 0.3) is 5.03 Å². The van der Waals surface area contributed by atoms with E-state index in [2.05, 4.69) is 33.2 Å². The highest BCUT2D eigenvalue weighted by molar-refractivity contribution is 7.58. The molecule has 0 aliphatic heterocycles. The van der Waals surface area contributed by atoms with Gasteiger partial charge in [0.2, 0.25) is 11.9 Å². The van der Waals surface area contributed by atoms with Crippen LogP contribution in [-0.2, 0) is 23.6 Å². The van der Waals surface area contributed by atoms with Crippen molar-refractivity contribution in [3.8, 4) is 6.07 Å². The van der Waals surface area contributed by atoms with Gasteiger partial charge in [-0.15, -0.1) is 0 Å². The van der Waals surface area contributed by atoms with Crippen LogP contribution in [0, 0.1) is 11.3 Å². The summed E-state index contributed by atoms with van der Waals surface area (Å²) < 4.78 is 39.2. The molecule has 35 heavy (non-hydrogen) atoms. The monoisotopic (exact) mass is 515 g/mol. The Kier molecular flexibility index (Phi) is 10.5. The number of nitrogens with one attached hydrogen (secondary N) is 2. The quantitative estimate of drug-likeness (QED) is 0.235. The van der Waals surface area contributed by atoms with Crippen molar-refractivity contribution in [1.29, 1.82) is 5.26 Å². The highest BCUT2D eigenvalue weighted by atomic mass is 32.1. The summed E-state index contributed by atoms with van der Waals surface area (Å²) in [5, 5.41) is 31.5. The number of benzene rings is 1. The van der Waals surface area contributed by atoms with Crippen LogP contribution in [0.3, 0.4) is 0 Å². The number of nitrogens with two attached hydrogens (primary N) is 1. The Morgan fingerprint density at radius 1 is 1.31 bits per heavy atom. The molecule has 0 saturated heterocycles. The first kappa shape index (κ1) is 28.1. The Hall–Kier alpha value is -3.12. The summed E-state index contributed by atoms with van der Waals surface area (Å²) >= 11 is 3.18. The van der Waals surface area contributed by atoms with Gasteiger partial charge in [0.15, 0.2) is 18.0 Å². The first-order chi connectivity index (χ1) is 16.6. The lowest BCUT2D eigenvalue weighted by molar-refractivity contribution is -0.137. The van der Waals surface area contributed by atoms with Gasteiger partial charge in [-0.3, -0.25) is 9.69 Å². The summed E-state index contributed by atoms with van der Waals surface area (Å²) in [7, 11) is 0. The summed E-state index contributed by atoms with van der Waals surface area (Å²) in [5.41, 5.74) is 4.71. The largest absolute Gasteiger partial charge is 0.444 e. The van der Waals surface area contributed by atoms with Crippen LogP contribution in [0.5, 0.6) is 0 Å². The van der Waals surface area contributed by atoms with E-state index in [9.17, 15) is 28.3 Å². The molecule has 1 atom stereocenters. The number of carbonyl (C=O) groups excluding carboxylic acids is 1. The highest BCUT2D eigenvalue weighted by Crippen LogP contribution is 2.30. The van der Waals surface area contributed by atoms with Gasteiger partial charge in [0, 0.05) is 24.9 Å². The molecule has 1 heterocycles. The van der Waals surface area contributed by atoms with Crippen molar-refractivity contribution < 1.29 is 28.2 Å². The topological polar surface area (TPSA) is 163 Å². The van der Waals surface area contributed by atoms with E-state index in [0.717, 1.165) is 12.1 Å². The molecule has 1 amide bonds. The summed E-state index contributed by atoms with van der Waals surface area (Å²) in [4.78, 5) is 22.8. The fourth-order valence-electron chi connectivity index (χ4n) is 3.28. The second-order valence-corrected chi connectivity index (χ2v) is 7.96. The summed E-state index contributed by atoms with van der Waals surface area (Å²) in [6.07, 6.45) is -3.92. The Morgan fingerprint density at radius 2 is 2.06 bits per heavy atom. The maximum Gasteiger partial charge on any atom is 0.416 e. The van der Waals surface area contributed by atoms with E-state index in [0.29, 0.717) is 26.1 Å². The molecule has 0 fully saturated rings. The lowest BCUT2D eigenvalue weighted by Gasteiger charge is -2.23. The minimum atomic E-state index is -4.57. The van der Waals surface area contributed by atoms with Crippen molar-refractivity contribution in [2.45, 2.75) is 30.1 Å². The van der Waals surface area contributed by atoms with Gasteiger partial charge in [0.05, 0.1) is 18.7 Å². The second kappa shape index (κ2) is 13.1. The number of nitrogens with zero attached hydrogens (tertiary/aromatic N) is 4. The lowest BCUT2D eigenvalue weighted by atomic mass is 10.1. The minimum Gasteiger partial charge on any atom is -0.444 e. The summed E-state index contributed by atoms with van der Waals surface area (Å²) in [5.74, 6) is -0.805. The van der Waals surface area contributed by atoms with Crippen LogP contribution >= 0.6 is 0 Å². The predicted octanol–water partition coefficient (Wildman–Crippen LogP) is 0.538. The minimum absolute atomic E-state index is 0.00356. The molecular weight excluding hydrogens is 487 g/mol. The molecule has 2 aromatic rings. The third-order valence-electron chi connectivity index (χ3n) is 4.93. The average molecular weight is 516 g/mol. The highest BCUT2D eigenvalue weighted by Gasteiger charge is 2.31. The van der Waals surface area contributed by atoms with Crippen LogP contribution < -0.4 is 16.4 Å². The maximum atomic E-state index is 13.1. The predicted molar refractivity (Wildman–Crippen MR) is 128 cm³/mol. The first-order valence-electron chi connectivity index (χ1n) is 10.6. The number of halogens is 3. The number of anilines is 3. The van der Waals surface area contributed by atoms with Crippen LogP contribution in [0.2, 0.25) is 0 Å². The molecular formula is C21H28F3N7O3S+2. The third-order valence-corrected chi connectivity index (χ3v) is 5.30. The van der Waals surface area contributed by atoms with Crippen molar-refractivity contribution in [2.24, 2.45) is 0 Å². The number of aromatic nitrogens is 2. The van der Waals surface area contributed by atoms with Gasteiger partial charge < -0.3 is 26.6 Å². The van der Waals surface area contributed by atoms with Gasteiger partial charge in [-0.1, -0.05) is 6.07 Å². The number of rotatable bonds is 12. The number of hydrogen-bond acceptors (Lipinski definition) is 8. The molecule has 0 bridgehead atoms. The van der Waals surface area contributed by atoms with Crippen LogP contribution in [0.25, 0.3) is 0 Å². The lowest BCUT2D eigenvalue weighted by Crippen LogP contribution is -2.37. The number of hydrogen-bond donors (Lipinski definition) is 4. The molecule has 1 aromatic carbocycles. The number of amides is 1. The molecule has 0 aliphatic rings. The molecule has 0 saturated carbocycles. The summed E-state index contributed by atoms with van der Waals surface area (Å²) in [6, 6.07) is 5.16. The zero-order valence-corrected chi connectivity index (χ0v) is 19.7. The Morgan fingerprint density at radius 3 is 2.69 bits per heavy atom. The van der Waals surface area contributed by atoms with Gasteiger partial charge >= 0.3 is 6.18 Å². The van der Waals surface area contributed by atoms with Crippen molar-refractivity contribution in [2.75, 3.05) is 49.2 Å².